The standard InChI is InChI=1S/C35H37Cl2N3O6S/c1-43-30-10-8-23(16-32(30)44-2)31-17-26-27(36)20-40(21-28(26)37)39-14-12-24(13-15-39)45-34(41)18-29(22-6-4-3-5-7-22)38-19-25-9-11-33(47-25)35(42)46-31/h3-11,16,20,24,29,31,38H,12-15,17-19,21H2,1-2H3/t29?,31-/m0/s1. The number of esters is 2. The summed E-state index contributed by atoms with van der Waals surface area (Å²) in [6.07, 6.45) is 2.83. The second-order valence-electron chi connectivity index (χ2n) is 11.6. The third-order valence-electron chi connectivity index (χ3n) is 8.64. The Kier molecular flexibility index (Phi) is 10.7. The molecule has 0 amide bonds. The molecule has 1 fully saturated rings. The van der Waals surface area contributed by atoms with E-state index in [1.54, 1.807) is 32.4 Å². The Labute approximate surface area is 288 Å². The fraction of sp³-hybridized carbons (Fsp3) is 0.371. The van der Waals surface area contributed by atoms with Crippen molar-refractivity contribution in [3.63, 3.8) is 0 Å². The molecule has 1 N–H and O–H groups in total. The molecule has 6 heterocycles. The summed E-state index contributed by atoms with van der Waals surface area (Å²) in [5.74, 6) is 0.369. The summed E-state index contributed by atoms with van der Waals surface area (Å²) < 4.78 is 23.1. The highest BCUT2D eigenvalue weighted by Gasteiger charge is 2.31. The Bertz CT molecular complexity index is 1650. The van der Waals surface area contributed by atoms with Gasteiger partial charge in [0.2, 0.25) is 0 Å². The molecule has 0 radical (unpaired) electrons. The normalized spacial score (nSPS) is 24.3. The molecule has 0 spiro atoms. The van der Waals surface area contributed by atoms with Crippen molar-refractivity contribution in [2.75, 3.05) is 33.9 Å². The molecule has 2 atom stereocenters. The number of hydrazine groups is 1. The van der Waals surface area contributed by atoms with Crippen LogP contribution in [0.15, 0.2) is 82.5 Å². The molecule has 8 rings (SSSR count). The number of hydrogen-bond acceptors (Lipinski definition) is 10. The van der Waals surface area contributed by atoms with Gasteiger partial charge in [-0.3, -0.25) is 4.79 Å². The molecule has 5 aliphatic heterocycles. The summed E-state index contributed by atoms with van der Waals surface area (Å²) in [6, 6.07) is 18.7. The number of nitrogens with zero attached hydrogens (tertiary/aromatic N) is 2. The van der Waals surface area contributed by atoms with Gasteiger partial charge in [0.1, 0.15) is 17.1 Å². The molecule has 9 nitrogen and oxygen atoms in total. The summed E-state index contributed by atoms with van der Waals surface area (Å²) in [6.45, 7) is 2.25. The smallest absolute Gasteiger partial charge is 0.348 e. The van der Waals surface area contributed by atoms with Gasteiger partial charge in [0, 0.05) is 48.2 Å². The summed E-state index contributed by atoms with van der Waals surface area (Å²) in [7, 11) is 3.13. The highest BCUT2D eigenvalue weighted by atomic mass is 35.5. The minimum Gasteiger partial charge on any atom is -0.493 e. The summed E-state index contributed by atoms with van der Waals surface area (Å²) in [5, 5.41) is 8.73. The van der Waals surface area contributed by atoms with Gasteiger partial charge in [-0.15, -0.1) is 11.3 Å². The number of halogens is 2. The minimum atomic E-state index is -0.709. The lowest BCUT2D eigenvalue weighted by Gasteiger charge is -2.41. The first-order valence-corrected chi connectivity index (χ1v) is 17.1. The second-order valence-corrected chi connectivity index (χ2v) is 13.7. The fourth-order valence-corrected chi connectivity index (χ4v) is 7.58. The zero-order valence-electron chi connectivity index (χ0n) is 26.2. The van der Waals surface area contributed by atoms with Crippen molar-refractivity contribution in [1.29, 1.82) is 0 Å². The van der Waals surface area contributed by atoms with Crippen LogP contribution in [0.5, 0.6) is 11.5 Å². The van der Waals surface area contributed by atoms with Gasteiger partial charge in [-0.05, 0) is 53.8 Å². The lowest BCUT2D eigenvalue weighted by Crippen LogP contribution is -2.47. The van der Waals surface area contributed by atoms with Gasteiger partial charge >= 0.3 is 11.9 Å². The molecule has 47 heavy (non-hydrogen) atoms. The lowest BCUT2D eigenvalue weighted by atomic mass is 9.99. The molecule has 5 aliphatic rings. The van der Waals surface area contributed by atoms with Gasteiger partial charge in [-0.1, -0.05) is 59.6 Å². The molecule has 6 bridgehead atoms. The number of thiophene rings is 1. The first-order valence-electron chi connectivity index (χ1n) is 15.6. The largest absolute Gasteiger partial charge is 0.493 e. The van der Waals surface area contributed by atoms with E-state index in [9.17, 15) is 9.59 Å². The molecule has 1 aromatic heterocycles. The first kappa shape index (κ1) is 33.4. The maximum Gasteiger partial charge on any atom is 0.348 e. The van der Waals surface area contributed by atoms with E-state index < -0.39 is 12.1 Å². The number of piperidine rings is 1. The van der Waals surface area contributed by atoms with E-state index in [1.165, 1.54) is 11.3 Å². The van der Waals surface area contributed by atoms with Crippen molar-refractivity contribution in [3.05, 3.63) is 103 Å². The molecule has 3 aromatic rings. The first-order chi connectivity index (χ1) is 22.8. The Morgan fingerprint density at radius 2 is 1.66 bits per heavy atom. The third kappa shape index (κ3) is 7.96. The Morgan fingerprint density at radius 3 is 2.38 bits per heavy atom. The minimum absolute atomic E-state index is 0.166. The fourth-order valence-electron chi connectivity index (χ4n) is 6.08. The number of carbonyl (C=O) groups excluding carboxylic acids is 2. The molecule has 12 heteroatoms. The Morgan fingerprint density at radius 1 is 0.894 bits per heavy atom. The van der Waals surface area contributed by atoms with Crippen LogP contribution in [-0.2, 0) is 20.8 Å². The highest BCUT2D eigenvalue weighted by molar-refractivity contribution is 7.13. The van der Waals surface area contributed by atoms with Gasteiger partial charge in [0.05, 0.1) is 32.2 Å². The predicted octanol–water partition coefficient (Wildman–Crippen LogP) is 7.10. The molecule has 1 unspecified atom stereocenters. The van der Waals surface area contributed by atoms with Gasteiger partial charge < -0.3 is 29.3 Å². The summed E-state index contributed by atoms with van der Waals surface area (Å²) in [5.41, 5.74) is 2.41. The maximum absolute atomic E-state index is 13.6. The zero-order valence-corrected chi connectivity index (χ0v) is 28.6. The van der Waals surface area contributed by atoms with Crippen LogP contribution in [0.4, 0.5) is 0 Å². The van der Waals surface area contributed by atoms with E-state index >= 15 is 0 Å². The summed E-state index contributed by atoms with van der Waals surface area (Å²) in [4.78, 5) is 28.2. The van der Waals surface area contributed by atoms with Gasteiger partial charge in [0.15, 0.2) is 11.5 Å². The number of nitrogens with one attached hydrogen (secondary N) is 1. The Hall–Kier alpha value is -3.54. The van der Waals surface area contributed by atoms with E-state index in [-0.39, 0.29) is 31.0 Å². The molecule has 248 valence electrons. The van der Waals surface area contributed by atoms with Crippen LogP contribution in [0, 0.1) is 0 Å². The predicted molar refractivity (Wildman–Crippen MR) is 181 cm³/mol. The van der Waals surface area contributed by atoms with E-state index in [4.69, 9.17) is 42.1 Å². The molecule has 0 saturated carbocycles. The number of hydrogen-bond donors (Lipinski definition) is 1. The molecule has 2 aromatic carbocycles. The third-order valence-corrected chi connectivity index (χ3v) is 10.4. The van der Waals surface area contributed by atoms with E-state index in [1.807, 2.05) is 53.7 Å². The lowest BCUT2D eigenvalue weighted by molar-refractivity contribution is -0.153. The number of methoxy groups -OCH3 is 2. The van der Waals surface area contributed by atoms with Crippen molar-refractivity contribution in [3.8, 4) is 11.5 Å². The highest BCUT2D eigenvalue weighted by Crippen LogP contribution is 2.40. The van der Waals surface area contributed by atoms with Crippen LogP contribution in [0.1, 0.15) is 63.5 Å². The van der Waals surface area contributed by atoms with Crippen LogP contribution in [-0.4, -0.2) is 61.9 Å². The van der Waals surface area contributed by atoms with Crippen molar-refractivity contribution in [1.82, 2.24) is 15.3 Å². The number of allylic oxidation sites excluding steroid dienone is 1. The quantitative estimate of drug-likeness (QED) is 0.287. The molecule has 1 saturated heterocycles. The van der Waals surface area contributed by atoms with Gasteiger partial charge in [0.25, 0.3) is 0 Å². The molecular formula is C35H37Cl2N3O6S. The van der Waals surface area contributed by atoms with Crippen molar-refractivity contribution in [2.45, 2.75) is 50.5 Å². The van der Waals surface area contributed by atoms with Crippen LogP contribution < -0.4 is 14.8 Å². The van der Waals surface area contributed by atoms with Crippen molar-refractivity contribution in [2.24, 2.45) is 0 Å². The number of ether oxygens (including phenoxy) is 4. The van der Waals surface area contributed by atoms with Gasteiger partial charge in [-0.25, -0.2) is 9.80 Å². The number of fused-ring (bicyclic) bond motifs is 1. The van der Waals surface area contributed by atoms with Crippen molar-refractivity contribution < 1.29 is 28.5 Å². The summed E-state index contributed by atoms with van der Waals surface area (Å²) >= 11 is 15.1. The molecule has 0 aliphatic carbocycles. The van der Waals surface area contributed by atoms with Crippen LogP contribution in [0.25, 0.3) is 0 Å². The zero-order chi connectivity index (χ0) is 32.9. The number of carbonyl (C=O) groups is 2. The topological polar surface area (TPSA) is 89.6 Å². The second kappa shape index (κ2) is 15.1. The molecular weight excluding hydrogens is 661 g/mol. The number of rotatable bonds is 4. The Balaban J connectivity index is 1.32. The van der Waals surface area contributed by atoms with Crippen LogP contribution >= 0.6 is 34.5 Å². The maximum atomic E-state index is 13.6. The van der Waals surface area contributed by atoms with Crippen molar-refractivity contribution >= 4 is 46.5 Å². The monoisotopic (exact) mass is 697 g/mol. The SMILES string of the molecule is COc1ccc([C@@H]2CC3=C(Cl)CN(C=C3Cl)N3CCC(CC3)OC(=O)CC(c3ccccc3)NCc3ccc(s3)C(=O)O2)cc1OC. The van der Waals surface area contributed by atoms with E-state index in [0.717, 1.165) is 10.4 Å². The van der Waals surface area contributed by atoms with Crippen LogP contribution in [0.3, 0.4) is 0 Å². The average Bonchev–Trinajstić information content (AvgIpc) is 3.57. The van der Waals surface area contributed by atoms with E-state index in [2.05, 4.69) is 10.3 Å². The van der Waals surface area contributed by atoms with Gasteiger partial charge in [-0.2, -0.15) is 0 Å². The number of benzene rings is 2. The van der Waals surface area contributed by atoms with Crippen LogP contribution in [0.2, 0.25) is 0 Å². The van der Waals surface area contributed by atoms with E-state index in [0.29, 0.717) is 76.6 Å². The average molecular weight is 699 g/mol.